The first kappa shape index (κ1) is 18.1. The topological polar surface area (TPSA) is 68.1 Å². The molecule has 6 nitrogen and oxygen atoms in total. The monoisotopic (exact) mass is 370 g/mol. The van der Waals surface area contributed by atoms with Crippen molar-refractivity contribution in [2.45, 2.75) is 18.7 Å². The quantitative estimate of drug-likeness (QED) is 0.667. The minimum atomic E-state index is -3.21. The molecular formula is C19H22N4O2S. The zero-order valence-corrected chi connectivity index (χ0v) is 15.9. The molecule has 2 aromatic heterocycles. The highest BCUT2D eigenvalue weighted by Crippen LogP contribution is 2.24. The predicted octanol–water partition coefficient (Wildman–Crippen LogP) is 3.18. The zero-order valence-electron chi connectivity index (χ0n) is 15.1. The van der Waals surface area contributed by atoms with Crippen LogP contribution in [0.3, 0.4) is 0 Å². The molecule has 0 radical (unpaired) electrons. The van der Waals surface area contributed by atoms with Gasteiger partial charge in [-0.1, -0.05) is 0 Å². The highest BCUT2D eigenvalue weighted by atomic mass is 32.2. The van der Waals surface area contributed by atoms with Gasteiger partial charge in [0.1, 0.15) is 5.82 Å². The molecule has 3 rings (SSSR count). The van der Waals surface area contributed by atoms with Crippen molar-refractivity contribution in [2.75, 3.05) is 24.2 Å². The minimum Gasteiger partial charge on any atom is -0.357 e. The third kappa shape index (κ3) is 3.62. The Kier molecular flexibility index (Phi) is 5.08. The molecule has 0 atom stereocenters. The number of aromatic nitrogens is 3. The van der Waals surface area contributed by atoms with E-state index in [9.17, 15) is 8.42 Å². The summed E-state index contributed by atoms with van der Waals surface area (Å²) >= 11 is 0. The Morgan fingerprint density at radius 2 is 1.69 bits per heavy atom. The molecule has 0 aliphatic rings. The van der Waals surface area contributed by atoms with E-state index in [0.29, 0.717) is 4.90 Å². The minimum absolute atomic E-state index is 0.299. The predicted molar refractivity (Wildman–Crippen MR) is 103 cm³/mol. The fourth-order valence-corrected chi connectivity index (χ4v) is 3.47. The summed E-state index contributed by atoms with van der Waals surface area (Å²) in [6, 6.07) is 10.8. The third-order valence-corrected chi connectivity index (χ3v) is 5.44. The van der Waals surface area contributed by atoms with E-state index in [-0.39, 0.29) is 0 Å². The maximum absolute atomic E-state index is 11.6. The molecule has 0 amide bonds. The average Bonchev–Trinajstić information content (AvgIpc) is 3.12. The van der Waals surface area contributed by atoms with Gasteiger partial charge in [0, 0.05) is 36.8 Å². The maximum Gasteiger partial charge on any atom is 0.175 e. The van der Waals surface area contributed by atoms with Crippen LogP contribution in [0.5, 0.6) is 0 Å². The van der Waals surface area contributed by atoms with Crippen LogP contribution in [0.2, 0.25) is 0 Å². The van der Waals surface area contributed by atoms with Gasteiger partial charge >= 0.3 is 0 Å². The SMILES string of the molecule is CCN(CC)c1ccc(-c2cncn2-c2ccc(S(C)(=O)=O)cc2)cn1. The largest absolute Gasteiger partial charge is 0.357 e. The third-order valence-electron chi connectivity index (χ3n) is 4.31. The second-order valence-electron chi connectivity index (χ2n) is 5.99. The van der Waals surface area contributed by atoms with Crippen LogP contribution in [0, 0.1) is 0 Å². The van der Waals surface area contributed by atoms with Gasteiger partial charge in [-0.25, -0.2) is 18.4 Å². The summed E-state index contributed by atoms with van der Waals surface area (Å²) in [6.07, 6.45) is 6.53. The Morgan fingerprint density at radius 1 is 1.00 bits per heavy atom. The van der Waals surface area contributed by atoms with Crippen LogP contribution in [0.1, 0.15) is 13.8 Å². The van der Waals surface area contributed by atoms with E-state index in [1.807, 2.05) is 22.9 Å². The maximum atomic E-state index is 11.6. The van der Waals surface area contributed by atoms with Gasteiger partial charge in [0.25, 0.3) is 0 Å². The summed E-state index contributed by atoms with van der Waals surface area (Å²) in [4.78, 5) is 11.3. The van der Waals surface area contributed by atoms with Crippen LogP contribution in [-0.2, 0) is 9.84 Å². The van der Waals surface area contributed by atoms with Crippen LogP contribution in [0.15, 0.2) is 60.0 Å². The van der Waals surface area contributed by atoms with Crippen molar-refractivity contribution in [3.63, 3.8) is 0 Å². The fourth-order valence-electron chi connectivity index (χ4n) is 2.84. The fraction of sp³-hybridized carbons (Fsp3) is 0.263. The molecule has 0 spiro atoms. The summed E-state index contributed by atoms with van der Waals surface area (Å²) < 4.78 is 25.2. The lowest BCUT2D eigenvalue weighted by molar-refractivity contribution is 0.602. The lowest BCUT2D eigenvalue weighted by Crippen LogP contribution is -2.22. The first-order valence-electron chi connectivity index (χ1n) is 8.48. The molecule has 0 bridgehead atoms. The number of pyridine rings is 1. The molecule has 26 heavy (non-hydrogen) atoms. The van der Waals surface area contributed by atoms with Crippen LogP contribution < -0.4 is 4.90 Å². The summed E-state index contributed by atoms with van der Waals surface area (Å²) in [5, 5.41) is 0. The first-order valence-corrected chi connectivity index (χ1v) is 10.4. The van der Waals surface area contributed by atoms with Gasteiger partial charge in [-0.15, -0.1) is 0 Å². The molecule has 0 saturated carbocycles. The molecule has 0 fully saturated rings. The standard InChI is InChI=1S/C19H22N4O2S/c1-4-22(5-2)19-11-6-15(12-21-19)18-13-20-14-23(18)16-7-9-17(10-8-16)26(3,24)25/h6-14H,4-5H2,1-3H3. The summed E-state index contributed by atoms with van der Waals surface area (Å²) in [7, 11) is -3.21. The van der Waals surface area contributed by atoms with Gasteiger partial charge in [0.15, 0.2) is 9.84 Å². The van der Waals surface area contributed by atoms with Crippen molar-refractivity contribution in [3.05, 3.63) is 55.1 Å². The molecule has 0 N–H and O–H groups in total. The second-order valence-corrected chi connectivity index (χ2v) is 8.01. The lowest BCUT2D eigenvalue weighted by Gasteiger charge is -2.19. The Balaban J connectivity index is 1.94. The molecular weight excluding hydrogens is 348 g/mol. The van der Waals surface area contributed by atoms with E-state index in [2.05, 4.69) is 28.7 Å². The summed E-state index contributed by atoms with van der Waals surface area (Å²) in [5.74, 6) is 0.947. The highest BCUT2D eigenvalue weighted by Gasteiger charge is 2.11. The molecule has 136 valence electrons. The Hall–Kier alpha value is -2.67. The van der Waals surface area contributed by atoms with Crippen molar-refractivity contribution in [2.24, 2.45) is 0 Å². The molecule has 0 saturated heterocycles. The number of imidazole rings is 1. The van der Waals surface area contributed by atoms with Gasteiger partial charge < -0.3 is 4.90 Å². The highest BCUT2D eigenvalue weighted by molar-refractivity contribution is 7.90. The Labute approximate surface area is 154 Å². The zero-order chi connectivity index (χ0) is 18.7. The van der Waals surface area contributed by atoms with Gasteiger partial charge in [-0.05, 0) is 50.2 Å². The van der Waals surface area contributed by atoms with Crippen LogP contribution in [0.4, 0.5) is 5.82 Å². The van der Waals surface area contributed by atoms with Crippen LogP contribution in [0.25, 0.3) is 16.9 Å². The van der Waals surface area contributed by atoms with E-state index < -0.39 is 9.84 Å². The molecule has 0 aliphatic carbocycles. The summed E-state index contributed by atoms with van der Waals surface area (Å²) in [6.45, 7) is 6.03. The normalized spacial score (nSPS) is 11.5. The number of benzene rings is 1. The molecule has 0 aliphatic heterocycles. The molecule has 1 aromatic carbocycles. The van der Waals surface area contributed by atoms with Crippen molar-refractivity contribution in [3.8, 4) is 16.9 Å². The van der Waals surface area contributed by atoms with Gasteiger partial charge in [0.2, 0.25) is 0 Å². The average molecular weight is 370 g/mol. The molecule has 0 unspecified atom stereocenters. The van der Waals surface area contributed by atoms with Crippen molar-refractivity contribution in [1.82, 2.24) is 14.5 Å². The van der Waals surface area contributed by atoms with Gasteiger partial charge in [0.05, 0.1) is 23.1 Å². The number of nitrogens with zero attached hydrogens (tertiary/aromatic N) is 4. The van der Waals surface area contributed by atoms with Crippen molar-refractivity contribution >= 4 is 15.7 Å². The van der Waals surface area contributed by atoms with Crippen molar-refractivity contribution < 1.29 is 8.42 Å². The number of hydrogen-bond acceptors (Lipinski definition) is 5. The molecule has 3 aromatic rings. The smallest absolute Gasteiger partial charge is 0.175 e. The second kappa shape index (κ2) is 7.29. The Bertz CT molecular complexity index is 973. The van der Waals surface area contributed by atoms with E-state index >= 15 is 0 Å². The molecule has 7 heteroatoms. The summed E-state index contributed by atoms with van der Waals surface area (Å²) in [5.41, 5.74) is 2.69. The molecule has 2 heterocycles. The van der Waals surface area contributed by atoms with Gasteiger partial charge in [-0.2, -0.15) is 0 Å². The van der Waals surface area contributed by atoms with Crippen molar-refractivity contribution in [1.29, 1.82) is 0 Å². The Morgan fingerprint density at radius 3 is 2.23 bits per heavy atom. The van der Waals surface area contributed by atoms with E-state index in [1.165, 1.54) is 6.26 Å². The first-order chi connectivity index (χ1) is 12.4. The number of sulfone groups is 1. The van der Waals surface area contributed by atoms with E-state index in [1.54, 1.807) is 36.8 Å². The van der Waals surface area contributed by atoms with Gasteiger partial charge in [-0.3, -0.25) is 4.57 Å². The van der Waals surface area contributed by atoms with E-state index in [4.69, 9.17) is 0 Å². The van der Waals surface area contributed by atoms with E-state index in [0.717, 1.165) is 35.9 Å². The lowest BCUT2D eigenvalue weighted by atomic mass is 10.2. The van der Waals surface area contributed by atoms with Crippen LogP contribution in [-0.4, -0.2) is 42.3 Å². The number of hydrogen-bond donors (Lipinski definition) is 0. The van der Waals surface area contributed by atoms with Crippen LogP contribution >= 0.6 is 0 Å². The number of rotatable bonds is 6. The number of anilines is 1.